The van der Waals surface area contributed by atoms with Crippen LogP contribution in [0.1, 0.15) is 121 Å². The van der Waals surface area contributed by atoms with Crippen molar-refractivity contribution in [2.24, 2.45) is 23.2 Å². The number of aromatic nitrogens is 3. The van der Waals surface area contributed by atoms with Gasteiger partial charge in [-0.25, -0.2) is 10.4 Å². The third-order valence-corrected chi connectivity index (χ3v) is 15.7. The van der Waals surface area contributed by atoms with Crippen LogP contribution in [0.25, 0.3) is 33.4 Å². The number of fused-ring (bicyclic) bond motifs is 6. The van der Waals surface area contributed by atoms with Crippen molar-refractivity contribution >= 4 is 40.0 Å². The summed E-state index contributed by atoms with van der Waals surface area (Å²) in [7, 11) is 3.93. The van der Waals surface area contributed by atoms with Gasteiger partial charge in [0.15, 0.2) is 0 Å². The van der Waals surface area contributed by atoms with Gasteiger partial charge in [0, 0.05) is 84.4 Å². The first-order valence-electron chi connectivity index (χ1n) is 24.3. The zero-order valence-corrected chi connectivity index (χ0v) is 41.5. The zero-order valence-electron chi connectivity index (χ0n) is 40.6. The van der Waals surface area contributed by atoms with Gasteiger partial charge in [0.1, 0.15) is 23.2 Å². The number of likely N-dealkylation sites (N-methyl/N-ethyl adjacent to an activating group) is 1. The predicted octanol–water partition coefficient (Wildman–Crippen LogP) is 7.85. The Hall–Kier alpha value is -4.25. The lowest BCUT2D eigenvalue weighted by molar-refractivity contribution is -0.156. The molecule has 2 N–H and O–H groups in total. The van der Waals surface area contributed by atoms with E-state index >= 15 is 0 Å². The van der Waals surface area contributed by atoms with Crippen LogP contribution in [0.2, 0.25) is 0 Å². The maximum atomic E-state index is 14.7. The fourth-order valence-electron chi connectivity index (χ4n) is 10.5. The molecular formula is C51H71N7O7S. The number of carbonyl (C=O) groups excluding carboxylic acids is 3. The van der Waals surface area contributed by atoms with E-state index < -0.39 is 29.6 Å². The van der Waals surface area contributed by atoms with E-state index in [2.05, 4.69) is 99.3 Å². The van der Waals surface area contributed by atoms with Gasteiger partial charge in [0.2, 0.25) is 5.91 Å². The number of hydrogen-bond acceptors (Lipinski definition) is 12. The molecule has 3 aliphatic heterocycles. The summed E-state index contributed by atoms with van der Waals surface area (Å²) in [5, 5.41) is 8.26. The largest absolute Gasteiger partial charge is 0.464 e. The molecule has 4 aromatic rings. The Kier molecular flexibility index (Phi) is 14.7. The third kappa shape index (κ3) is 9.71. The van der Waals surface area contributed by atoms with Crippen molar-refractivity contribution in [3.8, 4) is 22.5 Å². The summed E-state index contributed by atoms with van der Waals surface area (Å²) in [5.41, 5.74) is 10.8. The van der Waals surface area contributed by atoms with Crippen LogP contribution in [-0.4, -0.2) is 114 Å². The molecule has 14 nitrogen and oxygen atoms in total. The maximum absolute atomic E-state index is 14.7. The highest BCUT2D eigenvalue weighted by molar-refractivity contribution is 7.10. The van der Waals surface area contributed by atoms with Gasteiger partial charge in [-0.05, 0) is 120 Å². The first-order chi connectivity index (χ1) is 31.7. The summed E-state index contributed by atoms with van der Waals surface area (Å²) in [5.74, 6) is -0.425. The van der Waals surface area contributed by atoms with Gasteiger partial charge < -0.3 is 33.7 Å². The SMILES string of the molecule is CCOC[C@H]1C[C@@H](c2cnc([C@H](C)OC)c(-c3c4c5cc(ccc5n3CC)-c3csc(n3)[C@@H](OCC)[C@H](NC(=O)[C@H]3[C@H](C)[C@@H]3C)C(=O)N3CCC[C@H](N3)C(=O)OCC(C)(C)C4)c2)CCN1C. The van der Waals surface area contributed by atoms with Crippen molar-refractivity contribution in [1.29, 1.82) is 0 Å². The van der Waals surface area contributed by atoms with E-state index in [0.717, 1.165) is 64.1 Å². The molecule has 0 unspecified atom stereocenters. The number of benzene rings is 1. The number of nitrogens with zero attached hydrogens (tertiary/aromatic N) is 5. The fraction of sp³-hybridized carbons (Fsp3) is 0.627. The molecule has 3 aromatic heterocycles. The average Bonchev–Trinajstić information content (AvgIpc) is 3.58. The van der Waals surface area contributed by atoms with Crippen molar-refractivity contribution < 1.29 is 33.3 Å². The van der Waals surface area contributed by atoms with Crippen molar-refractivity contribution in [1.82, 2.24) is 35.2 Å². The van der Waals surface area contributed by atoms with Gasteiger partial charge >= 0.3 is 5.97 Å². The molecule has 66 heavy (non-hydrogen) atoms. The summed E-state index contributed by atoms with van der Waals surface area (Å²) >= 11 is 1.42. The van der Waals surface area contributed by atoms with Gasteiger partial charge in [0.05, 0.1) is 36.4 Å². The number of pyridine rings is 1. The lowest BCUT2D eigenvalue weighted by Crippen LogP contribution is -2.61. The lowest BCUT2D eigenvalue weighted by atomic mass is 9.82. The molecule has 1 saturated carbocycles. The number of rotatable bonds is 12. The highest BCUT2D eigenvalue weighted by Crippen LogP contribution is 2.46. The Balaban J connectivity index is 1.28. The minimum Gasteiger partial charge on any atom is -0.464 e. The number of carbonyl (C=O) groups is 3. The molecule has 6 bridgehead atoms. The van der Waals surface area contributed by atoms with E-state index in [9.17, 15) is 14.4 Å². The van der Waals surface area contributed by atoms with Crippen LogP contribution < -0.4 is 10.7 Å². The number of esters is 1. The van der Waals surface area contributed by atoms with Crippen LogP contribution in [0.5, 0.6) is 0 Å². The van der Waals surface area contributed by atoms with Crippen LogP contribution in [0.4, 0.5) is 0 Å². The van der Waals surface area contributed by atoms with Crippen LogP contribution in [0, 0.1) is 23.2 Å². The molecule has 8 rings (SSSR count). The number of amides is 2. The number of nitrogens with one attached hydrogen (secondary N) is 2. The molecule has 6 heterocycles. The number of methoxy groups -OCH3 is 1. The molecule has 2 saturated heterocycles. The Morgan fingerprint density at radius 1 is 1.09 bits per heavy atom. The first-order valence-corrected chi connectivity index (χ1v) is 25.1. The summed E-state index contributed by atoms with van der Waals surface area (Å²) in [6, 6.07) is 7.39. The topological polar surface area (TPSA) is 149 Å². The van der Waals surface area contributed by atoms with E-state index in [0.29, 0.717) is 69.1 Å². The number of thiazole rings is 1. The molecule has 9 atom stereocenters. The summed E-state index contributed by atoms with van der Waals surface area (Å²) < 4.78 is 27.0. The second-order valence-corrected chi connectivity index (χ2v) is 20.7. The normalized spacial score (nSPS) is 27.6. The molecule has 0 radical (unpaired) electrons. The zero-order chi connectivity index (χ0) is 47.0. The summed E-state index contributed by atoms with van der Waals surface area (Å²) in [6.07, 6.45) is 4.61. The van der Waals surface area contributed by atoms with Crippen LogP contribution in [0.15, 0.2) is 35.8 Å². The molecule has 3 fully saturated rings. The van der Waals surface area contributed by atoms with Crippen LogP contribution in [0.3, 0.4) is 0 Å². The fourth-order valence-corrected chi connectivity index (χ4v) is 11.4. The molecule has 2 amide bonds. The highest BCUT2D eigenvalue weighted by Gasteiger charge is 2.50. The van der Waals surface area contributed by atoms with Crippen molar-refractivity contribution in [2.75, 3.05) is 53.7 Å². The molecular weight excluding hydrogens is 855 g/mol. The Labute approximate surface area is 394 Å². The number of aryl methyl sites for hydroxylation is 1. The third-order valence-electron chi connectivity index (χ3n) is 14.8. The van der Waals surface area contributed by atoms with Crippen LogP contribution in [-0.2, 0) is 46.3 Å². The van der Waals surface area contributed by atoms with Gasteiger partial charge in [-0.15, -0.1) is 11.3 Å². The minimum absolute atomic E-state index is 0.157. The number of piperidine rings is 1. The molecule has 4 aliphatic rings. The van der Waals surface area contributed by atoms with Crippen LogP contribution >= 0.6 is 11.3 Å². The molecule has 1 aromatic carbocycles. The number of cyclic esters (lactones) is 1. The second kappa shape index (κ2) is 20.1. The summed E-state index contributed by atoms with van der Waals surface area (Å²) in [4.78, 5) is 55.3. The predicted molar refractivity (Wildman–Crippen MR) is 257 cm³/mol. The molecule has 0 spiro atoms. The van der Waals surface area contributed by atoms with Gasteiger partial charge in [-0.2, -0.15) is 0 Å². The van der Waals surface area contributed by atoms with E-state index in [1.807, 2.05) is 19.2 Å². The second-order valence-electron chi connectivity index (χ2n) is 19.8. The smallest absolute Gasteiger partial charge is 0.324 e. The van der Waals surface area contributed by atoms with Crippen molar-refractivity contribution in [3.05, 3.63) is 57.7 Å². The van der Waals surface area contributed by atoms with Crippen molar-refractivity contribution in [3.63, 3.8) is 0 Å². The standard InChI is InChI=1S/C51H71N7O7S/c1-11-57-41-17-16-33-22-36(41)38(45(57)37-23-34(25-52-43(37)31(6)62-10)32-18-20-56(9)35(21-32)26-63-12-2)24-51(7,8)28-65-50(61)39-15-14-19-58(55-39)49(60)44(54-47(59)42-29(4)30(42)5)46(64-13-3)48-53-40(33)27-66-48/h16-17,22-23,25,27,29-32,35,39,42,44,46,55H,11-15,18-21,24,26,28H2,1-10H3,(H,54,59)/t29-,30+,31-,32-,35+,39-,42+,44-,46-/m0/s1. The van der Waals surface area contributed by atoms with Gasteiger partial charge in [-0.1, -0.05) is 33.8 Å². The van der Waals surface area contributed by atoms with Crippen molar-refractivity contribution in [2.45, 2.75) is 130 Å². The van der Waals surface area contributed by atoms with Gasteiger partial charge in [0.25, 0.3) is 5.91 Å². The number of hydrazine groups is 1. The van der Waals surface area contributed by atoms with Gasteiger partial charge in [-0.3, -0.25) is 24.4 Å². The Morgan fingerprint density at radius 3 is 2.59 bits per heavy atom. The molecule has 358 valence electrons. The summed E-state index contributed by atoms with van der Waals surface area (Å²) in [6.45, 7) is 20.5. The Morgan fingerprint density at radius 2 is 1.88 bits per heavy atom. The van der Waals surface area contributed by atoms with E-state index in [1.54, 1.807) is 7.11 Å². The number of likely N-dealkylation sites (tertiary alicyclic amines) is 1. The first kappa shape index (κ1) is 48.2. The Bertz CT molecular complexity index is 2390. The number of ether oxygens (including phenoxy) is 4. The van der Waals surface area contributed by atoms with E-state index in [4.69, 9.17) is 28.9 Å². The average molecular weight is 926 g/mol. The lowest BCUT2D eigenvalue weighted by Gasteiger charge is -2.37. The monoisotopic (exact) mass is 926 g/mol. The maximum Gasteiger partial charge on any atom is 0.324 e. The van der Waals surface area contributed by atoms with E-state index in [1.165, 1.54) is 21.9 Å². The molecule has 15 heteroatoms. The number of hydrogen-bond donors (Lipinski definition) is 2. The quantitative estimate of drug-likeness (QED) is 0.134. The van der Waals surface area contributed by atoms with E-state index in [-0.39, 0.29) is 42.3 Å². The highest BCUT2D eigenvalue weighted by atomic mass is 32.1. The minimum atomic E-state index is -1.08. The molecule has 1 aliphatic carbocycles.